The first-order valence-corrected chi connectivity index (χ1v) is 12.4. The fraction of sp³-hybridized carbons (Fsp3) is 0.280. The minimum atomic E-state index is -0.704. The predicted octanol–water partition coefficient (Wildman–Crippen LogP) is 5.79. The maximum Gasteiger partial charge on any atom is 0.297 e. The van der Waals surface area contributed by atoms with Crippen molar-refractivity contribution < 1.29 is 13.9 Å². The third-order valence-corrected chi connectivity index (χ3v) is 7.06. The summed E-state index contributed by atoms with van der Waals surface area (Å²) < 4.78 is 11.7. The minimum absolute atomic E-state index is 0.0151. The summed E-state index contributed by atoms with van der Waals surface area (Å²) in [5.74, 6) is 0.326. The average molecular weight is 496 g/mol. The SMILES string of the molecule is CCCCOc1ccc(C2c3c(oc4ccc(Cl)cc4c3=O)C(=O)N2c2nnc(CC)s2)cc1. The van der Waals surface area contributed by atoms with Crippen molar-refractivity contribution in [2.24, 2.45) is 0 Å². The molecule has 3 heterocycles. The minimum Gasteiger partial charge on any atom is -0.494 e. The highest BCUT2D eigenvalue weighted by molar-refractivity contribution is 7.15. The molecule has 1 amide bonds. The zero-order valence-corrected chi connectivity index (χ0v) is 20.3. The molecule has 1 aliphatic rings. The van der Waals surface area contributed by atoms with E-state index in [0.717, 1.165) is 29.2 Å². The van der Waals surface area contributed by atoms with Crippen LogP contribution in [0.3, 0.4) is 0 Å². The third-order valence-electron chi connectivity index (χ3n) is 5.76. The van der Waals surface area contributed by atoms with Crippen molar-refractivity contribution in [2.75, 3.05) is 11.5 Å². The molecule has 0 bridgehead atoms. The lowest BCUT2D eigenvalue weighted by atomic mass is 9.98. The van der Waals surface area contributed by atoms with Gasteiger partial charge in [0.25, 0.3) is 5.91 Å². The summed E-state index contributed by atoms with van der Waals surface area (Å²) in [6, 6.07) is 11.5. The summed E-state index contributed by atoms with van der Waals surface area (Å²) in [7, 11) is 0. The number of halogens is 1. The van der Waals surface area contributed by atoms with E-state index >= 15 is 0 Å². The maximum atomic E-state index is 13.6. The van der Waals surface area contributed by atoms with Gasteiger partial charge in [-0.25, -0.2) is 0 Å². The lowest BCUT2D eigenvalue weighted by molar-refractivity contribution is 0.0970. The van der Waals surface area contributed by atoms with Crippen LogP contribution >= 0.6 is 22.9 Å². The Morgan fingerprint density at radius 3 is 2.62 bits per heavy atom. The van der Waals surface area contributed by atoms with E-state index in [9.17, 15) is 9.59 Å². The van der Waals surface area contributed by atoms with Crippen molar-refractivity contribution in [3.63, 3.8) is 0 Å². The van der Waals surface area contributed by atoms with Crippen LogP contribution in [0, 0.1) is 0 Å². The van der Waals surface area contributed by atoms with E-state index in [1.165, 1.54) is 16.2 Å². The number of amides is 1. The molecule has 0 saturated carbocycles. The van der Waals surface area contributed by atoms with E-state index in [1.807, 2.05) is 31.2 Å². The molecule has 1 aliphatic heterocycles. The number of benzene rings is 2. The number of aromatic nitrogens is 2. The first-order valence-electron chi connectivity index (χ1n) is 11.2. The lowest BCUT2D eigenvalue weighted by Crippen LogP contribution is -2.29. The zero-order chi connectivity index (χ0) is 23.8. The van der Waals surface area contributed by atoms with E-state index in [1.54, 1.807) is 18.2 Å². The second-order valence-electron chi connectivity index (χ2n) is 8.00. The molecule has 0 aliphatic carbocycles. The molecule has 0 radical (unpaired) electrons. The first-order chi connectivity index (χ1) is 16.5. The van der Waals surface area contributed by atoms with Crippen LogP contribution in [-0.2, 0) is 6.42 Å². The van der Waals surface area contributed by atoms with Crippen molar-refractivity contribution in [1.82, 2.24) is 10.2 Å². The van der Waals surface area contributed by atoms with Crippen LogP contribution in [-0.4, -0.2) is 22.7 Å². The molecule has 0 N–H and O–H groups in total. The van der Waals surface area contributed by atoms with Crippen LogP contribution in [0.1, 0.15) is 59.4 Å². The Balaban J connectivity index is 1.66. The van der Waals surface area contributed by atoms with E-state index in [-0.39, 0.29) is 16.8 Å². The van der Waals surface area contributed by atoms with Gasteiger partial charge in [0.05, 0.1) is 23.6 Å². The highest BCUT2D eigenvalue weighted by atomic mass is 35.5. The number of carbonyl (C=O) groups is 1. The number of hydrogen-bond donors (Lipinski definition) is 0. The third kappa shape index (κ3) is 3.86. The van der Waals surface area contributed by atoms with E-state index in [2.05, 4.69) is 17.1 Å². The summed E-state index contributed by atoms with van der Waals surface area (Å²) in [6.45, 7) is 4.71. The van der Waals surface area contributed by atoms with Crippen molar-refractivity contribution in [3.8, 4) is 5.75 Å². The van der Waals surface area contributed by atoms with E-state index in [4.69, 9.17) is 20.8 Å². The van der Waals surface area contributed by atoms with Crippen LogP contribution in [0.25, 0.3) is 11.0 Å². The smallest absolute Gasteiger partial charge is 0.297 e. The second kappa shape index (κ2) is 9.19. The van der Waals surface area contributed by atoms with Crippen LogP contribution in [0.15, 0.2) is 51.7 Å². The van der Waals surface area contributed by atoms with Gasteiger partial charge in [-0.3, -0.25) is 14.5 Å². The molecule has 7 nitrogen and oxygen atoms in total. The Labute approximate surface area is 204 Å². The van der Waals surface area contributed by atoms with Gasteiger partial charge in [0.2, 0.25) is 10.9 Å². The highest BCUT2D eigenvalue weighted by Gasteiger charge is 2.45. The largest absolute Gasteiger partial charge is 0.494 e. The van der Waals surface area contributed by atoms with Crippen LogP contribution < -0.4 is 15.1 Å². The number of hydrogen-bond acceptors (Lipinski definition) is 7. The second-order valence-corrected chi connectivity index (χ2v) is 9.47. The van der Waals surface area contributed by atoms with Crippen LogP contribution in [0.2, 0.25) is 5.02 Å². The Morgan fingerprint density at radius 2 is 1.91 bits per heavy atom. The molecule has 34 heavy (non-hydrogen) atoms. The van der Waals surface area contributed by atoms with Crippen LogP contribution in [0.5, 0.6) is 5.75 Å². The van der Waals surface area contributed by atoms with Gasteiger partial charge in [-0.05, 0) is 48.7 Å². The van der Waals surface area contributed by atoms with Crippen molar-refractivity contribution in [2.45, 2.75) is 39.2 Å². The van der Waals surface area contributed by atoms with Crippen molar-refractivity contribution in [3.05, 3.63) is 79.6 Å². The number of fused-ring (bicyclic) bond motifs is 2. The Bertz CT molecular complexity index is 1430. The number of anilines is 1. The highest BCUT2D eigenvalue weighted by Crippen LogP contribution is 2.42. The molecule has 1 atom stereocenters. The molecule has 0 fully saturated rings. The average Bonchev–Trinajstić information content (AvgIpc) is 3.43. The Hall–Kier alpha value is -3.23. The van der Waals surface area contributed by atoms with Gasteiger partial charge >= 0.3 is 0 Å². The molecular weight excluding hydrogens is 474 g/mol. The van der Waals surface area contributed by atoms with Crippen molar-refractivity contribution >= 4 is 44.9 Å². The van der Waals surface area contributed by atoms with Gasteiger partial charge in [0.1, 0.15) is 16.3 Å². The monoisotopic (exact) mass is 495 g/mol. The van der Waals surface area contributed by atoms with Gasteiger partial charge in [-0.2, -0.15) is 0 Å². The molecule has 9 heteroatoms. The standard InChI is InChI=1S/C25H22ClN3O4S/c1-3-5-12-32-16-9-6-14(7-10-16)21-20-22(30)17-13-15(26)8-11-18(17)33-23(20)24(31)29(21)25-28-27-19(4-2)34-25/h6-11,13,21H,3-5,12H2,1-2H3. The quantitative estimate of drug-likeness (QED) is 0.302. The van der Waals surface area contributed by atoms with E-state index < -0.39 is 11.9 Å². The first kappa shape index (κ1) is 22.6. The van der Waals surface area contributed by atoms with Crippen LogP contribution in [0.4, 0.5) is 5.13 Å². The normalized spacial score (nSPS) is 15.2. The number of ether oxygens (including phenoxy) is 1. The van der Waals surface area contributed by atoms with Gasteiger partial charge < -0.3 is 9.15 Å². The number of carbonyl (C=O) groups excluding carboxylic acids is 1. The van der Waals surface area contributed by atoms with Gasteiger partial charge in [-0.15, -0.1) is 10.2 Å². The number of aryl methyl sites for hydroxylation is 1. The summed E-state index contributed by atoms with van der Waals surface area (Å²) in [4.78, 5) is 28.7. The molecule has 174 valence electrons. The Morgan fingerprint density at radius 1 is 1.12 bits per heavy atom. The van der Waals surface area contributed by atoms with E-state index in [0.29, 0.717) is 34.2 Å². The molecule has 0 spiro atoms. The molecule has 1 unspecified atom stereocenters. The molecule has 2 aromatic heterocycles. The summed E-state index contributed by atoms with van der Waals surface area (Å²) in [6.07, 6.45) is 2.71. The van der Waals surface area contributed by atoms with Gasteiger partial charge in [0.15, 0.2) is 5.43 Å². The lowest BCUT2D eigenvalue weighted by Gasteiger charge is -2.22. The zero-order valence-electron chi connectivity index (χ0n) is 18.7. The fourth-order valence-electron chi connectivity index (χ4n) is 4.02. The summed E-state index contributed by atoms with van der Waals surface area (Å²) >= 11 is 7.47. The summed E-state index contributed by atoms with van der Waals surface area (Å²) in [5.41, 5.74) is 1.04. The number of rotatable bonds is 7. The number of nitrogens with zero attached hydrogens (tertiary/aromatic N) is 3. The Kier molecular flexibility index (Phi) is 6.10. The van der Waals surface area contributed by atoms with Gasteiger partial charge in [-0.1, -0.05) is 55.3 Å². The molecule has 4 aromatic rings. The molecular formula is C25H22ClN3O4S. The molecule has 2 aromatic carbocycles. The predicted molar refractivity (Wildman–Crippen MR) is 132 cm³/mol. The summed E-state index contributed by atoms with van der Waals surface area (Å²) in [5, 5.41) is 10.4. The number of unbranched alkanes of at least 4 members (excludes halogenated alkanes) is 1. The van der Waals surface area contributed by atoms with Crippen molar-refractivity contribution in [1.29, 1.82) is 0 Å². The van der Waals surface area contributed by atoms with Gasteiger partial charge in [0, 0.05) is 5.02 Å². The fourth-order valence-corrected chi connectivity index (χ4v) is 5.00. The molecule has 5 rings (SSSR count). The molecule has 0 saturated heterocycles. The maximum absolute atomic E-state index is 13.6. The topological polar surface area (TPSA) is 85.5 Å².